The van der Waals surface area contributed by atoms with Gasteiger partial charge in [0.25, 0.3) is 0 Å². The summed E-state index contributed by atoms with van der Waals surface area (Å²) >= 11 is 0. The second-order valence-corrected chi connectivity index (χ2v) is 5.56. The lowest BCUT2D eigenvalue weighted by Gasteiger charge is -2.13. The molecule has 0 saturated carbocycles. The molecule has 1 amide bonds. The maximum absolute atomic E-state index is 12.4. The third kappa shape index (κ3) is 5.64. The predicted octanol–water partition coefficient (Wildman–Crippen LogP) is 3.01. The van der Waals surface area contributed by atoms with Gasteiger partial charge in [0.1, 0.15) is 0 Å². The summed E-state index contributed by atoms with van der Waals surface area (Å²) in [5.74, 6) is -1.71. The Bertz CT molecular complexity index is 769. The van der Waals surface area contributed by atoms with Gasteiger partial charge in [-0.25, -0.2) is 14.6 Å². The van der Waals surface area contributed by atoms with Crippen LogP contribution < -0.4 is 5.32 Å². The fourth-order valence-corrected chi connectivity index (χ4v) is 2.43. The van der Waals surface area contributed by atoms with E-state index in [9.17, 15) is 14.4 Å². The molecule has 0 fully saturated rings. The molecule has 2 aromatic rings. The van der Waals surface area contributed by atoms with Crippen LogP contribution in [0.1, 0.15) is 46.7 Å². The highest BCUT2D eigenvalue weighted by Crippen LogP contribution is 2.22. The van der Waals surface area contributed by atoms with Crippen molar-refractivity contribution >= 4 is 23.5 Å². The van der Waals surface area contributed by atoms with Gasteiger partial charge < -0.3 is 14.8 Å². The Balaban J connectivity index is 2.24. The van der Waals surface area contributed by atoms with Crippen LogP contribution in [0.3, 0.4) is 0 Å². The number of nitrogens with zero attached hydrogens (tertiary/aromatic N) is 1. The SMILES string of the molecule is CCOC(=O)c1ccnc(C(=O)OCC)c1NC(=O)CCc1ccccc1. The van der Waals surface area contributed by atoms with Crippen molar-refractivity contribution in [1.82, 2.24) is 4.98 Å². The van der Waals surface area contributed by atoms with E-state index >= 15 is 0 Å². The van der Waals surface area contributed by atoms with Gasteiger partial charge in [-0.3, -0.25) is 4.79 Å². The van der Waals surface area contributed by atoms with E-state index in [-0.39, 0.29) is 42.5 Å². The highest BCUT2D eigenvalue weighted by atomic mass is 16.5. The normalized spacial score (nSPS) is 10.1. The number of carbonyl (C=O) groups excluding carboxylic acids is 3. The quantitative estimate of drug-likeness (QED) is 0.718. The van der Waals surface area contributed by atoms with Crippen LogP contribution in [0.15, 0.2) is 42.6 Å². The van der Waals surface area contributed by atoms with Crippen LogP contribution in [-0.2, 0) is 20.7 Å². The van der Waals surface area contributed by atoms with Gasteiger partial charge in [-0.1, -0.05) is 30.3 Å². The summed E-state index contributed by atoms with van der Waals surface area (Å²) in [4.78, 5) is 40.8. The second kappa shape index (κ2) is 10.1. The van der Waals surface area contributed by atoms with E-state index in [2.05, 4.69) is 10.3 Å². The van der Waals surface area contributed by atoms with Crippen LogP contribution in [0.2, 0.25) is 0 Å². The smallest absolute Gasteiger partial charge is 0.359 e. The molecule has 1 aromatic carbocycles. The molecule has 0 saturated heterocycles. The Kier molecular flexibility index (Phi) is 7.49. The molecule has 142 valence electrons. The average Bonchev–Trinajstić information content (AvgIpc) is 2.67. The first-order chi connectivity index (χ1) is 13.1. The molecular weight excluding hydrogens is 348 g/mol. The molecule has 7 nitrogen and oxygen atoms in total. The summed E-state index contributed by atoms with van der Waals surface area (Å²) in [7, 11) is 0. The molecule has 0 atom stereocenters. The molecule has 0 unspecified atom stereocenters. The van der Waals surface area contributed by atoms with Crippen molar-refractivity contribution < 1.29 is 23.9 Å². The molecule has 7 heteroatoms. The maximum Gasteiger partial charge on any atom is 0.359 e. The van der Waals surface area contributed by atoms with Crippen molar-refractivity contribution in [3.63, 3.8) is 0 Å². The Hall–Kier alpha value is -3.22. The van der Waals surface area contributed by atoms with Crippen molar-refractivity contribution in [3.05, 3.63) is 59.4 Å². The highest BCUT2D eigenvalue weighted by Gasteiger charge is 2.23. The summed E-state index contributed by atoms with van der Waals surface area (Å²) < 4.78 is 9.97. The van der Waals surface area contributed by atoms with Gasteiger partial charge in [0.05, 0.1) is 24.5 Å². The van der Waals surface area contributed by atoms with E-state index < -0.39 is 11.9 Å². The number of esters is 2. The van der Waals surface area contributed by atoms with Crippen LogP contribution in [0.4, 0.5) is 5.69 Å². The van der Waals surface area contributed by atoms with Crippen LogP contribution in [0.25, 0.3) is 0 Å². The van der Waals surface area contributed by atoms with Gasteiger partial charge in [-0.2, -0.15) is 0 Å². The lowest BCUT2D eigenvalue weighted by Crippen LogP contribution is -2.21. The van der Waals surface area contributed by atoms with Gasteiger partial charge in [-0.05, 0) is 31.9 Å². The van der Waals surface area contributed by atoms with Gasteiger partial charge in [0, 0.05) is 12.6 Å². The zero-order valence-electron chi connectivity index (χ0n) is 15.4. The molecule has 2 rings (SSSR count). The summed E-state index contributed by atoms with van der Waals surface area (Å²) in [6, 6.07) is 10.9. The minimum atomic E-state index is -0.720. The van der Waals surface area contributed by atoms with Crippen molar-refractivity contribution in [2.24, 2.45) is 0 Å². The number of aryl methyl sites for hydroxylation is 1. The molecule has 27 heavy (non-hydrogen) atoms. The van der Waals surface area contributed by atoms with Gasteiger partial charge in [0.2, 0.25) is 5.91 Å². The second-order valence-electron chi connectivity index (χ2n) is 5.56. The van der Waals surface area contributed by atoms with Crippen LogP contribution in [0, 0.1) is 0 Å². The first-order valence-electron chi connectivity index (χ1n) is 8.73. The fraction of sp³-hybridized carbons (Fsp3) is 0.300. The Morgan fingerprint density at radius 2 is 1.63 bits per heavy atom. The van der Waals surface area contributed by atoms with E-state index in [0.29, 0.717) is 6.42 Å². The number of benzene rings is 1. The summed E-state index contributed by atoms with van der Waals surface area (Å²) in [6.07, 6.45) is 2.01. The molecule has 1 N–H and O–H groups in total. The molecular formula is C20H22N2O5. The van der Waals surface area contributed by atoms with Crippen LogP contribution in [0.5, 0.6) is 0 Å². The third-order valence-electron chi connectivity index (χ3n) is 3.66. The van der Waals surface area contributed by atoms with Gasteiger partial charge in [0.15, 0.2) is 5.69 Å². The molecule has 0 aliphatic heterocycles. The number of nitrogens with one attached hydrogen (secondary N) is 1. The minimum absolute atomic E-state index is 0.00691. The number of aromatic nitrogens is 1. The maximum atomic E-state index is 12.4. The Morgan fingerprint density at radius 1 is 0.963 bits per heavy atom. The predicted molar refractivity (Wildman–Crippen MR) is 99.5 cm³/mol. The van der Waals surface area contributed by atoms with Crippen LogP contribution >= 0.6 is 0 Å². The van der Waals surface area contributed by atoms with E-state index in [4.69, 9.17) is 9.47 Å². The molecule has 0 spiro atoms. The van der Waals surface area contributed by atoms with Crippen molar-refractivity contribution in [3.8, 4) is 0 Å². The lowest BCUT2D eigenvalue weighted by molar-refractivity contribution is -0.116. The number of rotatable bonds is 8. The lowest BCUT2D eigenvalue weighted by atomic mass is 10.1. The number of pyridine rings is 1. The Labute approximate surface area is 157 Å². The zero-order chi connectivity index (χ0) is 19.6. The number of carbonyl (C=O) groups is 3. The van der Waals surface area contributed by atoms with Crippen molar-refractivity contribution in [1.29, 1.82) is 0 Å². The van der Waals surface area contributed by atoms with E-state index in [1.54, 1.807) is 13.8 Å². The molecule has 0 radical (unpaired) electrons. The first kappa shape index (κ1) is 20.1. The Morgan fingerprint density at radius 3 is 2.30 bits per heavy atom. The average molecular weight is 370 g/mol. The van der Waals surface area contributed by atoms with E-state index in [1.165, 1.54) is 12.3 Å². The van der Waals surface area contributed by atoms with Crippen molar-refractivity contribution in [2.75, 3.05) is 18.5 Å². The summed E-state index contributed by atoms with van der Waals surface area (Å²) in [5.41, 5.74) is 0.945. The van der Waals surface area contributed by atoms with Gasteiger partial charge in [-0.15, -0.1) is 0 Å². The topological polar surface area (TPSA) is 94.6 Å². The number of hydrogen-bond donors (Lipinski definition) is 1. The summed E-state index contributed by atoms with van der Waals surface area (Å²) in [6.45, 7) is 3.64. The van der Waals surface area contributed by atoms with Crippen molar-refractivity contribution in [2.45, 2.75) is 26.7 Å². The number of hydrogen-bond acceptors (Lipinski definition) is 6. The molecule has 0 bridgehead atoms. The molecule has 0 aliphatic rings. The van der Waals surface area contributed by atoms with E-state index in [1.807, 2.05) is 30.3 Å². The highest BCUT2D eigenvalue weighted by molar-refractivity contribution is 6.07. The molecule has 1 aromatic heterocycles. The van der Waals surface area contributed by atoms with E-state index in [0.717, 1.165) is 5.56 Å². The zero-order valence-corrected chi connectivity index (χ0v) is 15.4. The minimum Gasteiger partial charge on any atom is -0.462 e. The molecule has 0 aliphatic carbocycles. The fourth-order valence-electron chi connectivity index (χ4n) is 2.43. The van der Waals surface area contributed by atoms with Gasteiger partial charge >= 0.3 is 11.9 Å². The standard InChI is InChI=1S/C20H22N2O5/c1-3-26-19(24)15-12-13-21-18(20(25)27-4-2)17(15)22-16(23)11-10-14-8-6-5-7-9-14/h5-9,12-13H,3-4,10-11H2,1-2H3,(H,22,23). The number of amides is 1. The third-order valence-corrected chi connectivity index (χ3v) is 3.66. The summed E-state index contributed by atoms with van der Waals surface area (Å²) in [5, 5.41) is 2.62. The monoisotopic (exact) mass is 370 g/mol. The first-order valence-corrected chi connectivity index (χ1v) is 8.73. The van der Waals surface area contributed by atoms with Crippen LogP contribution in [-0.4, -0.2) is 36.0 Å². The largest absolute Gasteiger partial charge is 0.462 e. The molecule has 1 heterocycles. The number of ether oxygens (including phenoxy) is 2. The number of anilines is 1.